The quantitative estimate of drug-likeness (QED) is 0.573. The molecule has 0 spiro atoms. The Bertz CT molecular complexity index is 868. The maximum Gasteiger partial charge on any atom is 0.142 e. The van der Waals surface area contributed by atoms with Gasteiger partial charge < -0.3 is 4.57 Å². The minimum absolute atomic E-state index is 0.131. The molecule has 1 aromatic carbocycles. The molecule has 0 unspecified atom stereocenters. The van der Waals surface area contributed by atoms with Crippen molar-refractivity contribution in [2.24, 2.45) is 5.92 Å². The van der Waals surface area contributed by atoms with Crippen LogP contribution < -0.4 is 0 Å². The van der Waals surface area contributed by atoms with E-state index in [1.807, 2.05) is 18.3 Å². The van der Waals surface area contributed by atoms with Gasteiger partial charge in [0.2, 0.25) is 0 Å². The molecular weight excluding hydrogens is 322 g/mol. The highest BCUT2D eigenvalue weighted by Crippen LogP contribution is 2.36. The number of fused-ring (bicyclic) bond motifs is 1. The van der Waals surface area contributed by atoms with Crippen LogP contribution in [0, 0.1) is 11.7 Å². The van der Waals surface area contributed by atoms with Crippen molar-refractivity contribution < 1.29 is 4.39 Å². The third-order valence-electron chi connectivity index (χ3n) is 4.07. The first-order chi connectivity index (χ1) is 10.6. The van der Waals surface area contributed by atoms with E-state index in [4.69, 9.17) is 23.2 Å². The summed E-state index contributed by atoms with van der Waals surface area (Å²) in [6.45, 7) is 0.930. The maximum atomic E-state index is 13.8. The predicted molar refractivity (Wildman–Crippen MR) is 87.9 cm³/mol. The van der Waals surface area contributed by atoms with Gasteiger partial charge in [-0.15, -0.1) is 0 Å². The molecule has 0 radical (unpaired) electrons. The lowest BCUT2D eigenvalue weighted by Gasteiger charge is -2.02. The highest BCUT2D eigenvalue weighted by atomic mass is 35.5. The second kappa shape index (κ2) is 5.25. The molecule has 3 aromatic rings. The average molecular weight is 335 g/mol. The molecule has 22 heavy (non-hydrogen) atoms. The molecule has 2 aromatic heterocycles. The van der Waals surface area contributed by atoms with Crippen molar-refractivity contribution in [3.05, 3.63) is 52.5 Å². The van der Waals surface area contributed by atoms with Gasteiger partial charge in [0, 0.05) is 23.7 Å². The van der Waals surface area contributed by atoms with Crippen LogP contribution in [-0.2, 0) is 6.54 Å². The summed E-state index contributed by atoms with van der Waals surface area (Å²) in [7, 11) is 0. The minimum atomic E-state index is -0.413. The highest BCUT2D eigenvalue weighted by Gasteiger charge is 2.23. The number of aromatic nitrogens is 2. The summed E-state index contributed by atoms with van der Waals surface area (Å²) in [5.74, 6) is 0.301. The molecule has 1 fully saturated rings. The summed E-state index contributed by atoms with van der Waals surface area (Å²) in [5, 5.41) is 1.58. The average Bonchev–Trinajstić information content (AvgIpc) is 3.24. The number of benzene rings is 1. The van der Waals surface area contributed by atoms with Crippen molar-refractivity contribution in [2.45, 2.75) is 19.4 Å². The highest BCUT2D eigenvalue weighted by molar-refractivity contribution is 6.31. The summed E-state index contributed by atoms with van der Waals surface area (Å²) in [5.41, 5.74) is 2.60. The molecular formula is C17H13Cl2FN2. The summed E-state index contributed by atoms with van der Waals surface area (Å²) < 4.78 is 15.9. The molecule has 1 aliphatic rings. The summed E-state index contributed by atoms with van der Waals surface area (Å²) >= 11 is 11.8. The number of pyridine rings is 1. The number of hydrogen-bond acceptors (Lipinski definition) is 1. The van der Waals surface area contributed by atoms with Crippen molar-refractivity contribution in [1.82, 2.24) is 9.55 Å². The van der Waals surface area contributed by atoms with Gasteiger partial charge in [0.25, 0.3) is 0 Å². The van der Waals surface area contributed by atoms with E-state index in [1.54, 1.807) is 12.1 Å². The maximum absolute atomic E-state index is 13.8. The van der Waals surface area contributed by atoms with E-state index in [0.29, 0.717) is 11.1 Å². The van der Waals surface area contributed by atoms with Gasteiger partial charge in [0.05, 0.1) is 5.02 Å². The van der Waals surface area contributed by atoms with Gasteiger partial charge in [0.15, 0.2) is 0 Å². The summed E-state index contributed by atoms with van der Waals surface area (Å²) in [6, 6.07) is 8.58. The van der Waals surface area contributed by atoms with Gasteiger partial charge in [-0.2, -0.15) is 0 Å². The Morgan fingerprint density at radius 2 is 2.00 bits per heavy atom. The van der Waals surface area contributed by atoms with Crippen LogP contribution in [0.5, 0.6) is 0 Å². The lowest BCUT2D eigenvalue weighted by atomic mass is 10.1. The molecule has 0 aliphatic heterocycles. The van der Waals surface area contributed by atoms with E-state index in [9.17, 15) is 4.39 Å². The normalized spacial score (nSPS) is 14.7. The van der Waals surface area contributed by atoms with Crippen LogP contribution in [0.15, 0.2) is 36.5 Å². The van der Waals surface area contributed by atoms with E-state index < -0.39 is 5.82 Å². The van der Waals surface area contributed by atoms with E-state index >= 15 is 0 Å². The standard InChI is InChI=1S/C17H13Cl2FN2/c18-14-5-3-11(7-15(14)20)13-9-22(8-10-1-2-10)17-12(13)4-6-16(19)21-17/h3-7,9-10H,1-2,8H2. The van der Waals surface area contributed by atoms with Crippen LogP contribution in [0.2, 0.25) is 10.2 Å². The van der Waals surface area contributed by atoms with Gasteiger partial charge in [-0.05, 0) is 48.6 Å². The van der Waals surface area contributed by atoms with Gasteiger partial charge >= 0.3 is 0 Å². The summed E-state index contributed by atoms with van der Waals surface area (Å²) in [6.07, 6.45) is 4.55. The van der Waals surface area contributed by atoms with Crippen LogP contribution in [0.25, 0.3) is 22.2 Å². The first-order valence-corrected chi connectivity index (χ1v) is 7.98. The molecule has 4 rings (SSSR count). The number of hydrogen-bond donors (Lipinski definition) is 0. The van der Waals surface area contributed by atoms with Gasteiger partial charge in [-0.1, -0.05) is 29.3 Å². The largest absolute Gasteiger partial charge is 0.332 e. The lowest BCUT2D eigenvalue weighted by molar-refractivity contribution is 0.628. The SMILES string of the molecule is Fc1cc(-c2cn(CC3CC3)c3nc(Cl)ccc23)ccc1Cl. The fourth-order valence-corrected chi connectivity index (χ4v) is 3.01. The van der Waals surface area contributed by atoms with E-state index in [-0.39, 0.29) is 5.02 Å². The third kappa shape index (κ3) is 2.49. The van der Waals surface area contributed by atoms with Crippen molar-refractivity contribution in [2.75, 3.05) is 0 Å². The monoisotopic (exact) mass is 334 g/mol. The van der Waals surface area contributed by atoms with Crippen LogP contribution >= 0.6 is 23.2 Å². The van der Waals surface area contributed by atoms with Crippen molar-refractivity contribution in [3.8, 4) is 11.1 Å². The number of halogens is 3. The molecule has 2 heterocycles. The van der Waals surface area contributed by atoms with Crippen LogP contribution in [-0.4, -0.2) is 9.55 Å². The molecule has 1 aliphatic carbocycles. The molecule has 0 saturated heterocycles. The van der Waals surface area contributed by atoms with E-state index in [1.165, 1.54) is 18.9 Å². The van der Waals surface area contributed by atoms with E-state index in [2.05, 4.69) is 9.55 Å². The Hall–Kier alpha value is -1.58. The van der Waals surface area contributed by atoms with Crippen LogP contribution in [0.1, 0.15) is 12.8 Å². The molecule has 0 N–H and O–H groups in total. The number of rotatable bonds is 3. The fourth-order valence-electron chi connectivity index (χ4n) is 2.75. The zero-order valence-electron chi connectivity index (χ0n) is 11.7. The molecule has 112 valence electrons. The Labute approximate surface area is 137 Å². The molecule has 2 nitrogen and oxygen atoms in total. The Morgan fingerprint density at radius 1 is 1.18 bits per heavy atom. The minimum Gasteiger partial charge on any atom is -0.332 e. The van der Waals surface area contributed by atoms with Crippen molar-refractivity contribution >= 4 is 34.2 Å². The molecule has 1 saturated carbocycles. The van der Waals surface area contributed by atoms with Crippen LogP contribution in [0.4, 0.5) is 4.39 Å². The topological polar surface area (TPSA) is 17.8 Å². The fraction of sp³-hybridized carbons (Fsp3) is 0.235. The van der Waals surface area contributed by atoms with Crippen molar-refractivity contribution in [3.63, 3.8) is 0 Å². The summed E-state index contributed by atoms with van der Waals surface area (Å²) in [4.78, 5) is 4.45. The zero-order valence-corrected chi connectivity index (χ0v) is 13.2. The zero-order chi connectivity index (χ0) is 15.3. The molecule has 0 bridgehead atoms. The van der Waals surface area contributed by atoms with Gasteiger partial charge in [-0.3, -0.25) is 0 Å². The first kappa shape index (κ1) is 14.0. The van der Waals surface area contributed by atoms with Crippen LogP contribution in [0.3, 0.4) is 0 Å². The molecule has 0 atom stereocenters. The lowest BCUT2D eigenvalue weighted by Crippen LogP contribution is -1.98. The van der Waals surface area contributed by atoms with Gasteiger partial charge in [-0.25, -0.2) is 9.37 Å². The number of nitrogens with zero attached hydrogens (tertiary/aromatic N) is 2. The predicted octanol–water partition coefficient (Wildman–Crippen LogP) is 5.56. The van der Waals surface area contributed by atoms with Crippen molar-refractivity contribution in [1.29, 1.82) is 0 Å². The Kier molecular flexibility index (Phi) is 3.35. The third-order valence-corrected chi connectivity index (χ3v) is 4.59. The molecule has 0 amide bonds. The van der Waals surface area contributed by atoms with E-state index in [0.717, 1.165) is 28.7 Å². The Balaban J connectivity index is 1.90. The second-order valence-electron chi connectivity index (χ2n) is 5.77. The first-order valence-electron chi connectivity index (χ1n) is 7.22. The van der Waals surface area contributed by atoms with Gasteiger partial charge in [0.1, 0.15) is 16.6 Å². The second-order valence-corrected chi connectivity index (χ2v) is 6.57. The Morgan fingerprint density at radius 3 is 2.73 bits per heavy atom. The smallest absolute Gasteiger partial charge is 0.142 e. The molecule has 5 heteroatoms.